The maximum absolute atomic E-state index is 13.0. The third-order valence-electron chi connectivity index (χ3n) is 4.00. The minimum absolute atomic E-state index is 0.0968. The van der Waals surface area contributed by atoms with E-state index in [0.29, 0.717) is 12.0 Å². The van der Waals surface area contributed by atoms with Crippen molar-refractivity contribution in [2.75, 3.05) is 0 Å². The Morgan fingerprint density at radius 1 is 1.35 bits per heavy atom. The Hall–Kier alpha value is -1.95. The molecule has 126 valence electrons. The van der Waals surface area contributed by atoms with Gasteiger partial charge in [-0.2, -0.15) is 0 Å². The molecule has 3 atom stereocenters. The van der Waals surface area contributed by atoms with E-state index in [1.165, 1.54) is 24.3 Å². The van der Waals surface area contributed by atoms with E-state index in [2.05, 4.69) is 5.32 Å². The number of rotatable bonds is 7. The van der Waals surface area contributed by atoms with E-state index in [0.717, 1.165) is 12.8 Å². The summed E-state index contributed by atoms with van der Waals surface area (Å²) in [6, 6.07) is 4.83. The highest BCUT2D eigenvalue weighted by atomic mass is 19.1. The Morgan fingerprint density at radius 2 is 2.04 bits per heavy atom. The van der Waals surface area contributed by atoms with Crippen molar-refractivity contribution in [3.05, 3.63) is 35.6 Å². The fraction of sp³-hybridized carbons (Fsp3) is 0.529. The van der Waals surface area contributed by atoms with E-state index in [-0.39, 0.29) is 31.0 Å². The van der Waals surface area contributed by atoms with Crippen molar-refractivity contribution < 1.29 is 23.8 Å². The molecule has 0 saturated carbocycles. The summed E-state index contributed by atoms with van der Waals surface area (Å²) in [6.45, 7) is 2.01. The van der Waals surface area contributed by atoms with Gasteiger partial charge in [0.25, 0.3) is 0 Å². The van der Waals surface area contributed by atoms with Crippen molar-refractivity contribution in [1.29, 1.82) is 0 Å². The van der Waals surface area contributed by atoms with Crippen LogP contribution in [0.3, 0.4) is 0 Å². The lowest BCUT2D eigenvalue weighted by molar-refractivity contribution is -0.137. The van der Waals surface area contributed by atoms with Gasteiger partial charge in [0.15, 0.2) is 0 Å². The van der Waals surface area contributed by atoms with Crippen LogP contribution in [0.1, 0.15) is 50.6 Å². The molecule has 0 bridgehead atoms. The lowest BCUT2D eigenvalue weighted by Gasteiger charge is -2.18. The molecule has 1 aromatic carbocycles. The van der Waals surface area contributed by atoms with Gasteiger partial charge < -0.3 is 15.2 Å². The maximum Gasteiger partial charge on any atom is 0.305 e. The van der Waals surface area contributed by atoms with Crippen molar-refractivity contribution in [1.82, 2.24) is 5.32 Å². The number of amides is 1. The number of hydrogen-bond donors (Lipinski definition) is 2. The largest absolute Gasteiger partial charge is 0.481 e. The highest BCUT2D eigenvalue weighted by molar-refractivity contribution is 5.77. The Balaban J connectivity index is 1.90. The predicted molar refractivity (Wildman–Crippen MR) is 82.3 cm³/mol. The molecule has 23 heavy (non-hydrogen) atoms. The molecule has 0 spiro atoms. The van der Waals surface area contributed by atoms with Gasteiger partial charge >= 0.3 is 5.97 Å². The fourth-order valence-corrected chi connectivity index (χ4v) is 2.78. The summed E-state index contributed by atoms with van der Waals surface area (Å²) >= 11 is 0. The molecule has 1 amide bonds. The molecular weight excluding hydrogens is 301 g/mol. The number of carboxylic acids is 1. The van der Waals surface area contributed by atoms with Crippen LogP contribution in [-0.4, -0.2) is 29.2 Å². The number of aliphatic carboxylic acids is 1. The zero-order valence-corrected chi connectivity index (χ0v) is 13.1. The first kappa shape index (κ1) is 17.4. The quantitative estimate of drug-likeness (QED) is 0.809. The molecule has 1 aliphatic heterocycles. The van der Waals surface area contributed by atoms with Gasteiger partial charge in [0.1, 0.15) is 5.82 Å². The minimum Gasteiger partial charge on any atom is -0.481 e. The summed E-state index contributed by atoms with van der Waals surface area (Å²) in [6.07, 6.45) is 2.96. The second-order valence-electron chi connectivity index (χ2n) is 5.95. The van der Waals surface area contributed by atoms with Crippen molar-refractivity contribution >= 4 is 11.9 Å². The molecule has 0 aromatic heterocycles. The molecule has 1 fully saturated rings. The molecule has 6 heteroatoms. The Bertz CT molecular complexity index is 546. The summed E-state index contributed by atoms with van der Waals surface area (Å²) in [5, 5.41) is 11.7. The number of hydrogen-bond acceptors (Lipinski definition) is 3. The zero-order valence-electron chi connectivity index (χ0n) is 13.1. The monoisotopic (exact) mass is 323 g/mol. The predicted octanol–water partition coefficient (Wildman–Crippen LogP) is 2.81. The van der Waals surface area contributed by atoms with Gasteiger partial charge in [-0.15, -0.1) is 0 Å². The van der Waals surface area contributed by atoms with Crippen LogP contribution in [0.15, 0.2) is 24.3 Å². The number of ether oxygens (including phenoxy) is 1. The van der Waals surface area contributed by atoms with Gasteiger partial charge in [0.05, 0.1) is 24.7 Å². The van der Waals surface area contributed by atoms with Gasteiger partial charge in [-0.3, -0.25) is 9.59 Å². The van der Waals surface area contributed by atoms with E-state index in [4.69, 9.17) is 9.84 Å². The van der Waals surface area contributed by atoms with E-state index in [9.17, 15) is 14.0 Å². The SMILES string of the molecule is CC1CCC(CCC(=O)NC(CC(=O)O)c2ccc(F)cc2)O1. The Labute approximate surface area is 134 Å². The molecule has 0 aliphatic carbocycles. The van der Waals surface area contributed by atoms with Gasteiger partial charge in [-0.1, -0.05) is 12.1 Å². The molecule has 1 saturated heterocycles. The Morgan fingerprint density at radius 3 is 2.61 bits per heavy atom. The first-order valence-corrected chi connectivity index (χ1v) is 7.86. The topological polar surface area (TPSA) is 75.6 Å². The first-order chi connectivity index (χ1) is 10.9. The number of halogens is 1. The van der Waals surface area contributed by atoms with Gasteiger partial charge in [-0.25, -0.2) is 4.39 Å². The maximum atomic E-state index is 13.0. The Kier molecular flexibility index (Phi) is 6.10. The molecular formula is C17H22FNO4. The lowest BCUT2D eigenvalue weighted by Crippen LogP contribution is -2.30. The van der Waals surface area contributed by atoms with Crippen LogP contribution in [0.2, 0.25) is 0 Å². The average molecular weight is 323 g/mol. The normalized spacial score (nSPS) is 21.8. The highest BCUT2D eigenvalue weighted by Crippen LogP contribution is 2.23. The van der Waals surface area contributed by atoms with Crippen molar-refractivity contribution in [2.45, 2.75) is 57.3 Å². The summed E-state index contributed by atoms with van der Waals surface area (Å²) in [5.74, 6) is -1.64. The average Bonchev–Trinajstić information content (AvgIpc) is 2.90. The van der Waals surface area contributed by atoms with Crippen molar-refractivity contribution in [3.8, 4) is 0 Å². The molecule has 1 aliphatic rings. The molecule has 1 aromatic rings. The third-order valence-corrected chi connectivity index (χ3v) is 4.00. The van der Waals surface area contributed by atoms with Gasteiger partial charge in [0.2, 0.25) is 5.91 Å². The van der Waals surface area contributed by atoms with Gasteiger partial charge in [-0.05, 0) is 43.9 Å². The number of nitrogens with one attached hydrogen (secondary N) is 1. The van der Waals surface area contributed by atoms with Crippen LogP contribution in [0.4, 0.5) is 4.39 Å². The van der Waals surface area contributed by atoms with Crippen LogP contribution in [0, 0.1) is 5.82 Å². The van der Waals surface area contributed by atoms with Crippen LogP contribution in [0.25, 0.3) is 0 Å². The fourth-order valence-electron chi connectivity index (χ4n) is 2.78. The van der Waals surface area contributed by atoms with E-state index in [1.54, 1.807) is 0 Å². The third kappa shape index (κ3) is 5.63. The number of carboxylic acid groups (broad SMARTS) is 1. The van der Waals surface area contributed by atoms with E-state index < -0.39 is 17.8 Å². The molecule has 3 unspecified atom stereocenters. The van der Waals surface area contributed by atoms with Crippen molar-refractivity contribution in [3.63, 3.8) is 0 Å². The minimum atomic E-state index is -1.02. The second-order valence-corrected chi connectivity index (χ2v) is 5.95. The number of benzene rings is 1. The number of carbonyl (C=O) groups is 2. The van der Waals surface area contributed by atoms with E-state index in [1.807, 2.05) is 6.92 Å². The van der Waals surface area contributed by atoms with E-state index >= 15 is 0 Å². The summed E-state index contributed by atoms with van der Waals surface area (Å²) < 4.78 is 18.6. The smallest absolute Gasteiger partial charge is 0.305 e. The molecule has 2 rings (SSSR count). The van der Waals surface area contributed by atoms with Gasteiger partial charge in [0, 0.05) is 6.42 Å². The zero-order chi connectivity index (χ0) is 16.8. The highest BCUT2D eigenvalue weighted by Gasteiger charge is 2.23. The molecule has 1 heterocycles. The molecule has 0 radical (unpaired) electrons. The first-order valence-electron chi connectivity index (χ1n) is 7.86. The summed E-state index contributed by atoms with van der Waals surface area (Å²) in [4.78, 5) is 23.1. The summed E-state index contributed by atoms with van der Waals surface area (Å²) in [5.41, 5.74) is 0.577. The van der Waals surface area contributed by atoms with Crippen molar-refractivity contribution in [2.24, 2.45) is 0 Å². The second kappa shape index (κ2) is 8.06. The molecule has 2 N–H and O–H groups in total. The van der Waals surface area contributed by atoms with Crippen LogP contribution in [-0.2, 0) is 14.3 Å². The number of carbonyl (C=O) groups excluding carboxylic acids is 1. The summed E-state index contributed by atoms with van der Waals surface area (Å²) in [7, 11) is 0. The standard InChI is InChI=1S/C17H22FNO4/c1-11-2-7-14(23-11)8-9-16(20)19-15(10-17(21)22)12-3-5-13(18)6-4-12/h3-6,11,14-15H,2,7-10H2,1H3,(H,19,20)(H,21,22). The molecule has 5 nitrogen and oxygen atoms in total. The lowest BCUT2D eigenvalue weighted by atomic mass is 10.0. The van der Waals surface area contributed by atoms with Crippen LogP contribution >= 0.6 is 0 Å². The van der Waals surface area contributed by atoms with Crippen LogP contribution in [0.5, 0.6) is 0 Å². The van der Waals surface area contributed by atoms with Crippen LogP contribution < -0.4 is 5.32 Å².